The molecule has 31 heavy (non-hydrogen) atoms. The highest BCUT2D eigenvalue weighted by Crippen LogP contribution is 2.43. The number of nitrogens with one attached hydrogen (secondary N) is 1. The number of aryl methyl sites for hydroxylation is 1. The van der Waals surface area contributed by atoms with Crippen LogP contribution < -0.4 is 5.32 Å². The average molecular weight is 418 g/mol. The molecule has 156 valence electrons. The zero-order valence-electron chi connectivity index (χ0n) is 16.7. The number of alkyl halides is 1. The third-order valence-electron chi connectivity index (χ3n) is 5.86. The van der Waals surface area contributed by atoms with Gasteiger partial charge in [-0.1, -0.05) is 17.3 Å². The molecule has 0 radical (unpaired) electrons. The van der Waals surface area contributed by atoms with Crippen molar-refractivity contribution in [2.24, 2.45) is 0 Å². The van der Waals surface area contributed by atoms with Crippen molar-refractivity contribution < 1.29 is 13.7 Å². The van der Waals surface area contributed by atoms with Crippen molar-refractivity contribution in [2.75, 3.05) is 5.32 Å². The van der Waals surface area contributed by atoms with Gasteiger partial charge in [-0.2, -0.15) is 4.98 Å². The van der Waals surface area contributed by atoms with Crippen molar-refractivity contribution in [3.63, 3.8) is 0 Å². The molecule has 1 N–H and O–H groups in total. The maximum atomic E-state index is 13.3. The molecule has 8 nitrogen and oxygen atoms in total. The molecular weight excluding hydrogens is 399 g/mol. The summed E-state index contributed by atoms with van der Waals surface area (Å²) in [6.07, 6.45) is 6.93. The van der Waals surface area contributed by atoms with E-state index in [4.69, 9.17) is 4.52 Å². The Balaban J connectivity index is 1.28. The van der Waals surface area contributed by atoms with Gasteiger partial charge >= 0.3 is 0 Å². The summed E-state index contributed by atoms with van der Waals surface area (Å²) in [4.78, 5) is 26.1. The second-order valence-corrected chi connectivity index (χ2v) is 8.26. The number of carbonyl (C=O) groups is 1. The quantitative estimate of drug-likeness (QED) is 0.525. The predicted octanol–water partition coefficient (Wildman–Crippen LogP) is 4.04. The van der Waals surface area contributed by atoms with Gasteiger partial charge in [-0.15, -0.1) is 0 Å². The third kappa shape index (κ3) is 3.26. The maximum absolute atomic E-state index is 13.3. The fraction of sp³-hybridized carbons (Fsp3) is 0.318. The summed E-state index contributed by atoms with van der Waals surface area (Å²) in [6, 6.07) is 5.52. The van der Waals surface area contributed by atoms with Gasteiger partial charge in [-0.3, -0.25) is 14.2 Å². The fourth-order valence-electron chi connectivity index (χ4n) is 3.67. The molecule has 3 aromatic heterocycles. The minimum Gasteiger partial charge on any atom is -0.339 e. The van der Waals surface area contributed by atoms with E-state index in [2.05, 4.69) is 25.4 Å². The number of benzene rings is 1. The number of anilines is 1. The number of hydrogen-bond acceptors (Lipinski definition) is 6. The van der Waals surface area contributed by atoms with Crippen LogP contribution in [0.15, 0.2) is 41.3 Å². The van der Waals surface area contributed by atoms with Crippen LogP contribution >= 0.6 is 0 Å². The molecule has 1 amide bonds. The predicted molar refractivity (Wildman–Crippen MR) is 110 cm³/mol. The van der Waals surface area contributed by atoms with Crippen LogP contribution in [0.3, 0.4) is 0 Å². The van der Waals surface area contributed by atoms with E-state index in [9.17, 15) is 9.18 Å². The van der Waals surface area contributed by atoms with Crippen molar-refractivity contribution in [1.82, 2.24) is 24.5 Å². The highest BCUT2D eigenvalue weighted by atomic mass is 19.1. The van der Waals surface area contributed by atoms with Crippen LogP contribution in [-0.2, 0) is 0 Å². The van der Waals surface area contributed by atoms with E-state index in [1.54, 1.807) is 22.9 Å². The van der Waals surface area contributed by atoms with E-state index in [0.29, 0.717) is 46.6 Å². The molecule has 2 saturated carbocycles. The van der Waals surface area contributed by atoms with Gasteiger partial charge in [0.2, 0.25) is 11.7 Å². The van der Waals surface area contributed by atoms with Crippen molar-refractivity contribution in [1.29, 1.82) is 0 Å². The van der Waals surface area contributed by atoms with Crippen LogP contribution in [0.4, 0.5) is 10.1 Å². The molecule has 0 saturated heterocycles. The summed E-state index contributed by atoms with van der Waals surface area (Å²) >= 11 is 0. The number of amides is 1. The zero-order chi connectivity index (χ0) is 21.1. The Labute approximate surface area is 176 Å². The van der Waals surface area contributed by atoms with E-state index in [0.717, 1.165) is 24.1 Å². The minimum absolute atomic E-state index is 0.271. The topological polar surface area (TPSA) is 98.2 Å². The van der Waals surface area contributed by atoms with Gasteiger partial charge in [0, 0.05) is 23.4 Å². The summed E-state index contributed by atoms with van der Waals surface area (Å²) in [7, 11) is 0. The number of halogens is 1. The molecule has 2 aliphatic carbocycles. The van der Waals surface area contributed by atoms with Crippen LogP contribution in [0.2, 0.25) is 0 Å². The lowest BCUT2D eigenvalue weighted by Gasteiger charge is -2.10. The second kappa shape index (κ2) is 6.69. The SMILES string of the molecule is Cc1ccc(-c2noc([C@H]3C[C@@H]3F)n2)cc1NC(=O)c1cnc2cnc(C3CC3)cn12. The van der Waals surface area contributed by atoms with E-state index < -0.39 is 6.17 Å². The van der Waals surface area contributed by atoms with Crippen molar-refractivity contribution in [2.45, 2.75) is 44.2 Å². The third-order valence-corrected chi connectivity index (χ3v) is 5.86. The van der Waals surface area contributed by atoms with Crippen LogP contribution in [0.1, 0.15) is 58.7 Å². The van der Waals surface area contributed by atoms with Crippen molar-refractivity contribution in [3.8, 4) is 11.4 Å². The molecule has 0 unspecified atom stereocenters. The summed E-state index contributed by atoms with van der Waals surface area (Å²) < 4.78 is 20.2. The first-order chi connectivity index (χ1) is 15.1. The number of fused-ring (bicyclic) bond motifs is 1. The molecule has 2 aliphatic rings. The minimum atomic E-state index is -0.901. The molecule has 4 aromatic rings. The van der Waals surface area contributed by atoms with Crippen molar-refractivity contribution >= 4 is 17.2 Å². The summed E-state index contributed by atoms with van der Waals surface area (Å²) in [5, 5.41) is 6.93. The van der Waals surface area contributed by atoms with Gasteiger partial charge in [0.05, 0.1) is 24.0 Å². The molecule has 0 spiro atoms. The molecule has 9 heteroatoms. The maximum Gasteiger partial charge on any atom is 0.274 e. The monoisotopic (exact) mass is 418 g/mol. The van der Waals surface area contributed by atoms with Gasteiger partial charge in [0.15, 0.2) is 5.65 Å². The number of aromatic nitrogens is 5. The highest BCUT2D eigenvalue weighted by Gasteiger charge is 2.43. The van der Waals surface area contributed by atoms with Crippen LogP contribution in [0, 0.1) is 6.92 Å². The first kappa shape index (κ1) is 18.2. The van der Waals surface area contributed by atoms with E-state index >= 15 is 0 Å². The lowest BCUT2D eigenvalue weighted by atomic mass is 10.1. The van der Waals surface area contributed by atoms with E-state index in [1.165, 1.54) is 0 Å². The number of rotatable bonds is 5. The van der Waals surface area contributed by atoms with Gasteiger partial charge in [-0.25, -0.2) is 9.37 Å². The zero-order valence-corrected chi connectivity index (χ0v) is 16.7. The lowest BCUT2D eigenvalue weighted by Crippen LogP contribution is -2.15. The average Bonchev–Trinajstić information content (AvgIpc) is 3.65. The normalized spacial score (nSPS) is 20.2. The highest BCUT2D eigenvalue weighted by molar-refractivity contribution is 6.04. The number of hydrogen-bond donors (Lipinski definition) is 1. The van der Waals surface area contributed by atoms with Crippen LogP contribution in [-0.4, -0.2) is 36.6 Å². The number of imidazole rings is 1. The Morgan fingerprint density at radius 2 is 2.10 bits per heavy atom. The van der Waals surface area contributed by atoms with E-state index in [1.807, 2.05) is 25.3 Å². The van der Waals surface area contributed by atoms with Gasteiger partial charge in [0.25, 0.3) is 5.91 Å². The van der Waals surface area contributed by atoms with Gasteiger partial charge in [-0.05, 0) is 37.8 Å². The van der Waals surface area contributed by atoms with Crippen molar-refractivity contribution in [3.05, 3.63) is 59.6 Å². The first-order valence-corrected chi connectivity index (χ1v) is 10.3. The summed E-state index contributed by atoms with van der Waals surface area (Å²) in [5.74, 6) is 0.604. The Morgan fingerprint density at radius 1 is 1.26 bits per heavy atom. The smallest absolute Gasteiger partial charge is 0.274 e. The standard InChI is InChI=1S/C22H19FN6O2/c1-11-2-3-13(20-27-22(31-28-20)14-7-15(14)23)6-16(11)26-21(30)18-8-25-19-9-24-17(10-29(18)19)12-4-5-12/h2-3,6,8-10,12,14-15H,4-5,7H2,1H3,(H,26,30)/t14-,15-/m0/s1. The molecule has 2 fully saturated rings. The summed E-state index contributed by atoms with van der Waals surface area (Å²) in [6.45, 7) is 1.91. The molecule has 0 aliphatic heterocycles. The second-order valence-electron chi connectivity index (χ2n) is 8.26. The number of carbonyl (C=O) groups excluding carboxylic acids is 1. The van der Waals surface area contributed by atoms with E-state index in [-0.39, 0.29) is 11.8 Å². The molecule has 2 atom stereocenters. The Morgan fingerprint density at radius 3 is 2.87 bits per heavy atom. The van der Waals surface area contributed by atoms with Gasteiger partial charge in [0.1, 0.15) is 11.9 Å². The van der Waals surface area contributed by atoms with Crippen LogP contribution in [0.5, 0.6) is 0 Å². The lowest BCUT2D eigenvalue weighted by molar-refractivity contribution is 0.102. The molecule has 1 aromatic carbocycles. The van der Waals surface area contributed by atoms with Crippen LogP contribution in [0.25, 0.3) is 17.0 Å². The Hall–Kier alpha value is -3.62. The fourth-order valence-corrected chi connectivity index (χ4v) is 3.67. The number of nitrogens with zero attached hydrogens (tertiary/aromatic N) is 5. The largest absolute Gasteiger partial charge is 0.339 e. The Kier molecular flexibility index (Phi) is 3.92. The molecule has 6 rings (SSSR count). The molecular formula is C22H19FN6O2. The molecule has 0 bridgehead atoms. The Bertz CT molecular complexity index is 1320. The first-order valence-electron chi connectivity index (χ1n) is 10.3. The molecule has 3 heterocycles. The van der Waals surface area contributed by atoms with Gasteiger partial charge < -0.3 is 9.84 Å². The summed E-state index contributed by atoms with van der Waals surface area (Å²) in [5.41, 5.74) is 4.26.